The van der Waals surface area contributed by atoms with Gasteiger partial charge in [-0.15, -0.1) is 0 Å². The molecule has 0 bridgehead atoms. The van der Waals surface area contributed by atoms with Crippen LogP contribution in [0.4, 0.5) is 17.6 Å². The molecule has 0 spiro atoms. The zero-order valence-corrected chi connectivity index (χ0v) is 14.6. The fourth-order valence-electron chi connectivity index (χ4n) is 2.26. The third kappa shape index (κ3) is 3.76. The molecule has 0 N–H and O–H groups in total. The first-order valence-electron chi connectivity index (χ1n) is 7.02. The van der Waals surface area contributed by atoms with Crippen LogP contribution in [0, 0.1) is 17.1 Å². The first kappa shape index (κ1) is 20.0. The van der Waals surface area contributed by atoms with Gasteiger partial charge in [0.1, 0.15) is 23.4 Å². The van der Waals surface area contributed by atoms with Gasteiger partial charge in [-0.05, 0) is 36.2 Å². The maximum atomic E-state index is 13.4. The van der Waals surface area contributed by atoms with Crippen LogP contribution in [0.15, 0.2) is 35.2 Å². The maximum absolute atomic E-state index is 13.4. The van der Waals surface area contributed by atoms with E-state index in [0.29, 0.717) is 6.07 Å². The van der Waals surface area contributed by atoms with Crippen molar-refractivity contribution < 1.29 is 30.7 Å². The van der Waals surface area contributed by atoms with Gasteiger partial charge in [0.2, 0.25) is 0 Å². The molecule has 2 aromatic rings. The van der Waals surface area contributed by atoms with Crippen LogP contribution in [0.1, 0.15) is 18.1 Å². The Bertz CT molecular complexity index is 978. The lowest BCUT2D eigenvalue weighted by atomic mass is 10.1. The number of alkyl halides is 3. The molecular formula is C16H10ClF4NO3S. The molecule has 10 heteroatoms. The van der Waals surface area contributed by atoms with Crippen molar-refractivity contribution >= 4 is 21.4 Å². The largest absolute Gasteiger partial charge is 0.501 e. The van der Waals surface area contributed by atoms with E-state index in [9.17, 15) is 31.2 Å². The van der Waals surface area contributed by atoms with Crippen molar-refractivity contribution in [3.05, 3.63) is 52.3 Å². The Labute approximate surface area is 151 Å². The van der Waals surface area contributed by atoms with Gasteiger partial charge in [0.15, 0.2) is 0 Å². The minimum absolute atomic E-state index is 0.00509. The second kappa shape index (κ2) is 7.13. The van der Waals surface area contributed by atoms with Crippen molar-refractivity contribution in [2.24, 2.45) is 0 Å². The van der Waals surface area contributed by atoms with Crippen molar-refractivity contribution in [3.63, 3.8) is 0 Å². The fourth-order valence-corrected chi connectivity index (χ4v) is 3.54. The lowest BCUT2D eigenvalue weighted by Crippen LogP contribution is -2.24. The van der Waals surface area contributed by atoms with Crippen LogP contribution >= 0.6 is 11.6 Å². The summed E-state index contributed by atoms with van der Waals surface area (Å²) in [5, 5.41) is 9.31. The van der Waals surface area contributed by atoms with Gasteiger partial charge in [-0.2, -0.15) is 18.4 Å². The molecule has 0 heterocycles. The third-order valence-electron chi connectivity index (χ3n) is 3.36. The topological polar surface area (TPSA) is 67.2 Å². The number of halogens is 5. The minimum atomic E-state index is -5.64. The standard InChI is InChI=1S/C16H10ClF4NO3S/c1-2-12-13(8-22)14(25-11-6-9(17)5-10(18)7-11)3-4-15(12)26(23,24)16(19,20)21/h3-7H,2H2,1H3. The van der Waals surface area contributed by atoms with Crippen molar-refractivity contribution in [2.45, 2.75) is 23.7 Å². The zero-order valence-electron chi connectivity index (χ0n) is 13.1. The van der Waals surface area contributed by atoms with Gasteiger partial charge >= 0.3 is 5.51 Å². The summed E-state index contributed by atoms with van der Waals surface area (Å²) >= 11 is 5.69. The highest BCUT2D eigenvalue weighted by Gasteiger charge is 2.48. The molecule has 2 aromatic carbocycles. The molecule has 0 saturated heterocycles. The van der Waals surface area contributed by atoms with E-state index in [4.69, 9.17) is 16.3 Å². The van der Waals surface area contributed by atoms with Gasteiger partial charge in [0.25, 0.3) is 9.84 Å². The van der Waals surface area contributed by atoms with Crippen LogP contribution in [0.25, 0.3) is 0 Å². The van der Waals surface area contributed by atoms with E-state index in [1.54, 1.807) is 6.07 Å². The highest BCUT2D eigenvalue weighted by atomic mass is 35.5. The van der Waals surface area contributed by atoms with E-state index in [-0.39, 0.29) is 28.5 Å². The quantitative estimate of drug-likeness (QED) is 0.669. The molecule has 0 unspecified atom stereocenters. The Morgan fingerprint density at radius 3 is 2.38 bits per heavy atom. The van der Waals surface area contributed by atoms with Crippen LogP contribution in [0.3, 0.4) is 0 Å². The molecule has 0 aliphatic heterocycles. The number of hydrogen-bond acceptors (Lipinski definition) is 4. The molecule has 2 rings (SSSR count). The second-order valence-electron chi connectivity index (χ2n) is 5.04. The molecule has 4 nitrogen and oxygen atoms in total. The Kier molecular flexibility index (Phi) is 5.49. The molecule has 0 atom stereocenters. The van der Waals surface area contributed by atoms with Crippen LogP contribution in [0.5, 0.6) is 11.5 Å². The van der Waals surface area contributed by atoms with Gasteiger partial charge in [-0.1, -0.05) is 18.5 Å². The highest BCUT2D eigenvalue weighted by molar-refractivity contribution is 7.92. The summed E-state index contributed by atoms with van der Waals surface area (Å²) < 4.78 is 80.7. The molecule has 26 heavy (non-hydrogen) atoms. The molecule has 0 aliphatic rings. The normalized spacial score (nSPS) is 11.9. The van der Waals surface area contributed by atoms with Crippen molar-refractivity contribution in [3.8, 4) is 17.6 Å². The summed E-state index contributed by atoms with van der Waals surface area (Å²) in [4.78, 5) is -1.02. The van der Waals surface area contributed by atoms with Gasteiger partial charge in [-0.3, -0.25) is 0 Å². The average molecular weight is 408 g/mol. The molecule has 0 aliphatic carbocycles. The van der Waals surface area contributed by atoms with E-state index < -0.39 is 31.6 Å². The van der Waals surface area contributed by atoms with Gasteiger partial charge in [0, 0.05) is 11.1 Å². The number of nitriles is 1. The van der Waals surface area contributed by atoms with E-state index in [0.717, 1.165) is 18.2 Å². The summed E-state index contributed by atoms with van der Waals surface area (Å²) in [6.45, 7) is 1.40. The minimum Gasteiger partial charge on any atom is -0.456 e. The van der Waals surface area contributed by atoms with Crippen LogP contribution in [-0.4, -0.2) is 13.9 Å². The van der Waals surface area contributed by atoms with E-state index in [2.05, 4.69) is 0 Å². The van der Waals surface area contributed by atoms with Crippen molar-refractivity contribution in [1.29, 1.82) is 5.26 Å². The van der Waals surface area contributed by atoms with Crippen LogP contribution in [-0.2, 0) is 16.3 Å². The molecule has 0 fully saturated rings. The first-order chi connectivity index (χ1) is 12.0. The Morgan fingerprint density at radius 1 is 1.23 bits per heavy atom. The number of ether oxygens (including phenoxy) is 1. The first-order valence-corrected chi connectivity index (χ1v) is 8.88. The van der Waals surface area contributed by atoms with E-state index in [1.165, 1.54) is 13.0 Å². The number of nitrogens with zero attached hydrogens (tertiary/aromatic N) is 1. The Morgan fingerprint density at radius 2 is 1.88 bits per heavy atom. The molecule has 0 radical (unpaired) electrons. The monoisotopic (exact) mass is 407 g/mol. The Balaban J connectivity index is 2.63. The van der Waals surface area contributed by atoms with Crippen molar-refractivity contribution in [2.75, 3.05) is 0 Å². The third-order valence-corrected chi connectivity index (χ3v) is 5.14. The summed E-state index contributed by atoms with van der Waals surface area (Å²) in [5.41, 5.74) is -6.25. The zero-order chi connectivity index (χ0) is 19.7. The van der Waals surface area contributed by atoms with Gasteiger partial charge < -0.3 is 4.74 Å². The fraction of sp³-hybridized carbons (Fsp3) is 0.188. The molecule has 0 aromatic heterocycles. The SMILES string of the molecule is CCc1c(S(=O)(=O)C(F)(F)F)ccc(Oc2cc(F)cc(Cl)c2)c1C#N. The van der Waals surface area contributed by atoms with E-state index in [1.807, 2.05) is 0 Å². The van der Waals surface area contributed by atoms with Gasteiger partial charge in [-0.25, -0.2) is 12.8 Å². The summed E-state index contributed by atoms with van der Waals surface area (Å²) in [7, 11) is -5.64. The number of benzene rings is 2. The molecule has 0 amide bonds. The molecule has 138 valence electrons. The highest BCUT2D eigenvalue weighted by Crippen LogP contribution is 2.37. The Hall–Kier alpha value is -2.31. The summed E-state index contributed by atoms with van der Waals surface area (Å²) in [6, 6.07) is 6.47. The van der Waals surface area contributed by atoms with Crippen LogP contribution in [0.2, 0.25) is 5.02 Å². The maximum Gasteiger partial charge on any atom is 0.501 e. The second-order valence-corrected chi connectivity index (χ2v) is 7.38. The predicted octanol–water partition coefficient (Wildman–Crippen LogP) is 5.00. The lowest BCUT2D eigenvalue weighted by Gasteiger charge is -2.16. The smallest absolute Gasteiger partial charge is 0.456 e. The summed E-state index contributed by atoms with van der Waals surface area (Å²) in [6.07, 6.45) is -0.172. The van der Waals surface area contributed by atoms with Gasteiger partial charge in [0.05, 0.1) is 10.5 Å². The lowest BCUT2D eigenvalue weighted by molar-refractivity contribution is -0.0436. The summed E-state index contributed by atoms with van der Waals surface area (Å²) in [5.74, 6) is -1.04. The van der Waals surface area contributed by atoms with Crippen LogP contribution < -0.4 is 4.74 Å². The predicted molar refractivity (Wildman–Crippen MR) is 85.3 cm³/mol. The molecule has 0 saturated carbocycles. The average Bonchev–Trinajstić information content (AvgIpc) is 2.51. The van der Waals surface area contributed by atoms with E-state index >= 15 is 0 Å². The number of rotatable bonds is 4. The number of sulfone groups is 1. The molecular weight excluding hydrogens is 398 g/mol. The van der Waals surface area contributed by atoms with Crippen molar-refractivity contribution in [1.82, 2.24) is 0 Å². The number of hydrogen-bond donors (Lipinski definition) is 0.